The number of carbonyl (C=O) groups excluding carboxylic acids is 2. The molecule has 0 unspecified atom stereocenters. The van der Waals surface area contributed by atoms with Crippen LogP contribution < -0.4 is 9.46 Å². The Balaban J connectivity index is 1.74. The summed E-state index contributed by atoms with van der Waals surface area (Å²) in [6, 6.07) is 15.7. The Morgan fingerprint density at radius 3 is 2.34 bits per heavy atom. The number of esters is 1. The van der Waals surface area contributed by atoms with Crippen LogP contribution in [0.3, 0.4) is 0 Å². The van der Waals surface area contributed by atoms with Gasteiger partial charge in [0.15, 0.2) is 6.61 Å². The summed E-state index contributed by atoms with van der Waals surface area (Å²) in [6.07, 6.45) is 0. The Labute approximate surface area is 172 Å². The third-order valence-corrected chi connectivity index (χ3v) is 6.66. The van der Waals surface area contributed by atoms with Crippen molar-refractivity contribution in [3.05, 3.63) is 77.2 Å². The van der Waals surface area contributed by atoms with Crippen molar-refractivity contribution in [2.75, 3.05) is 18.4 Å². The number of sulfonamides is 1. The van der Waals surface area contributed by atoms with Gasteiger partial charge in [-0.05, 0) is 35.7 Å². The molecule has 7 nitrogen and oxygen atoms in total. The molecule has 0 aliphatic rings. The number of ketones is 1. The van der Waals surface area contributed by atoms with Crippen LogP contribution in [0, 0.1) is 0 Å². The predicted octanol–water partition coefficient (Wildman–Crippen LogP) is 3.60. The summed E-state index contributed by atoms with van der Waals surface area (Å²) in [6.45, 7) is -0.509. The average Bonchev–Trinajstić information content (AvgIpc) is 3.28. The lowest BCUT2D eigenvalue weighted by Crippen LogP contribution is -2.18. The van der Waals surface area contributed by atoms with Crippen molar-refractivity contribution >= 4 is 38.8 Å². The standard InChI is InChI=1S/C20H17NO6S2/c1-26-18-10-5-3-8-15(18)17(22)13-27-20(23)14-7-2-4-9-16(14)21-29(24,25)19-11-6-12-28-19/h2-12,21H,13H2,1H3. The first kappa shape index (κ1) is 20.6. The Kier molecular flexibility index (Phi) is 6.30. The van der Waals surface area contributed by atoms with E-state index in [0.717, 1.165) is 11.3 Å². The lowest BCUT2D eigenvalue weighted by atomic mass is 10.1. The molecule has 0 atom stereocenters. The van der Waals surface area contributed by atoms with Gasteiger partial charge >= 0.3 is 5.97 Å². The predicted molar refractivity (Wildman–Crippen MR) is 109 cm³/mol. The molecule has 0 saturated carbocycles. The molecule has 0 bridgehead atoms. The first-order valence-electron chi connectivity index (χ1n) is 8.41. The van der Waals surface area contributed by atoms with Crippen molar-refractivity contribution < 1.29 is 27.5 Å². The minimum atomic E-state index is -3.83. The molecule has 0 radical (unpaired) electrons. The maximum absolute atomic E-state index is 12.5. The van der Waals surface area contributed by atoms with Gasteiger partial charge < -0.3 is 9.47 Å². The molecule has 3 rings (SSSR count). The molecule has 0 spiro atoms. The number of para-hydroxylation sites is 2. The highest BCUT2D eigenvalue weighted by Gasteiger charge is 2.21. The highest BCUT2D eigenvalue weighted by molar-refractivity contribution is 7.94. The van der Waals surface area contributed by atoms with Crippen LogP contribution in [0.1, 0.15) is 20.7 Å². The molecule has 3 aromatic rings. The zero-order valence-electron chi connectivity index (χ0n) is 15.3. The van der Waals surface area contributed by atoms with E-state index in [9.17, 15) is 18.0 Å². The molecule has 29 heavy (non-hydrogen) atoms. The van der Waals surface area contributed by atoms with Crippen LogP contribution in [0.4, 0.5) is 5.69 Å². The fourth-order valence-corrected chi connectivity index (χ4v) is 4.60. The normalized spacial score (nSPS) is 10.9. The molecule has 0 aliphatic carbocycles. The summed E-state index contributed by atoms with van der Waals surface area (Å²) >= 11 is 1.06. The van der Waals surface area contributed by atoms with E-state index in [4.69, 9.17) is 9.47 Å². The first-order chi connectivity index (χ1) is 13.9. The van der Waals surface area contributed by atoms with Crippen LogP contribution in [0.15, 0.2) is 70.3 Å². The van der Waals surface area contributed by atoms with Gasteiger partial charge in [0, 0.05) is 0 Å². The molecule has 1 heterocycles. The number of Topliss-reactive ketones (excluding diaryl/α,β-unsaturated/α-hetero) is 1. The molecule has 1 N–H and O–H groups in total. The fraction of sp³-hybridized carbons (Fsp3) is 0.100. The number of methoxy groups -OCH3 is 1. The Hall–Kier alpha value is -3.17. The molecule has 150 valence electrons. The second kappa shape index (κ2) is 8.89. The topological polar surface area (TPSA) is 98.8 Å². The molecule has 9 heteroatoms. The third-order valence-electron chi connectivity index (χ3n) is 3.89. The van der Waals surface area contributed by atoms with Crippen molar-refractivity contribution in [1.82, 2.24) is 0 Å². The third kappa shape index (κ3) is 4.82. The van der Waals surface area contributed by atoms with Gasteiger partial charge in [0.1, 0.15) is 9.96 Å². The number of nitrogens with one attached hydrogen (secondary N) is 1. The van der Waals surface area contributed by atoms with Crippen molar-refractivity contribution in [2.45, 2.75) is 4.21 Å². The van der Waals surface area contributed by atoms with Crippen molar-refractivity contribution in [3.63, 3.8) is 0 Å². The van der Waals surface area contributed by atoms with E-state index in [1.807, 2.05) is 0 Å². The first-order valence-corrected chi connectivity index (χ1v) is 10.8. The van der Waals surface area contributed by atoms with Crippen LogP contribution in [0.5, 0.6) is 5.75 Å². The van der Waals surface area contributed by atoms with Gasteiger partial charge in [0.2, 0.25) is 5.78 Å². The average molecular weight is 431 g/mol. The second-order valence-electron chi connectivity index (χ2n) is 5.78. The van der Waals surface area contributed by atoms with Gasteiger partial charge in [-0.25, -0.2) is 13.2 Å². The molecular weight excluding hydrogens is 414 g/mol. The second-order valence-corrected chi connectivity index (χ2v) is 8.64. The summed E-state index contributed by atoms with van der Waals surface area (Å²) in [5.74, 6) is -0.886. The van der Waals surface area contributed by atoms with E-state index in [2.05, 4.69) is 4.72 Å². The number of anilines is 1. The maximum atomic E-state index is 12.5. The van der Waals surface area contributed by atoms with E-state index in [1.165, 1.54) is 25.3 Å². The van der Waals surface area contributed by atoms with E-state index in [-0.39, 0.29) is 21.0 Å². The van der Waals surface area contributed by atoms with Crippen LogP contribution >= 0.6 is 11.3 Å². The van der Waals surface area contributed by atoms with E-state index in [0.29, 0.717) is 5.75 Å². The molecule has 0 fully saturated rings. The van der Waals surface area contributed by atoms with Crippen LogP contribution in [-0.2, 0) is 14.8 Å². The lowest BCUT2D eigenvalue weighted by Gasteiger charge is -2.12. The molecule has 1 aromatic heterocycles. The van der Waals surface area contributed by atoms with Gasteiger partial charge in [0.05, 0.1) is 23.9 Å². The SMILES string of the molecule is COc1ccccc1C(=O)COC(=O)c1ccccc1NS(=O)(=O)c1cccs1. The fourth-order valence-electron chi connectivity index (χ4n) is 2.52. The Bertz CT molecular complexity index is 1120. The smallest absolute Gasteiger partial charge is 0.340 e. The summed E-state index contributed by atoms with van der Waals surface area (Å²) in [5.41, 5.74) is 0.352. The van der Waals surface area contributed by atoms with Gasteiger partial charge in [-0.2, -0.15) is 0 Å². The molecule has 0 aliphatic heterocycles. The van der Waals surface area contributed by atoms with Gasteiger partial charge in [-0.15, -0.1) is 11.3 Å². The van der Waals surface area contributed by atoms with E-state index >= 15 is 0 Å². The van der Waals surface area contributed by atoms with E-state index in [1.54, 1.807) is 47.8 Å². The van der Waals surface area contributed by atoms with Crippen molar-refractivity contribution in [3.8, 4) is 5.75 Å². The van der Waals surface area contributed by atoms with Crippen LogP contribution in [0.25, 0.3) is 0 Å². The number of carbonyl (C=O) groups is 2. The van der Waals surface area contributed by atoms with Crippen LogP contribution in [0.2, 0.25) is 0 Å². The number of ether oxygens (including phenoxy) is 2. The zero-order valence-corrected chi connectivity index (χ0v) is 17.0. The summed E-state index contributed by atoms with van der Waals surface area (Å²) in [5, 5.41) is 1.64. The van der Waals surface area contributed by atoms with E-state index < -0.39 is 28.4 Å². The maximum Gasteiger partial charge on any atom is 0.340 e. The van der Waals surface area contributed by atoms with Crippen LogP contribution in [-0.4, -0.2) is 33.9 Å². The highest BCUT2D eigenvalue weighted by atomic mass is 32.2. The number of thiophene rings is 1. The van der Waals surface area contributed by atoms with Gasteiger partial charge in [-0.3, -0.25) is 9.52 Å². The number of hydrogen-bond acceptors (Lipinski definition) is 7. The molecule has 0 amide bonds. The largest absolute Gasteiger partial charge is 0.496 e. The van der Waals surface area contributed by atoms with Crippen molar-refractivity contribution in [2.24, 2.45) is 0 Å². The monoisotopic (exact) mass is 431 g/mol. The van der Waals surface area contributed by atoms with Gasteiger partial charge in [0.25, 0.3) is 10.0 Å². The minimum Gasteiger partial charge on any atom is -0.496 e. The summed E-state index contributed by atoms with van der Waals surface area (Å²) in [7, 11) is -2.39. The zero-order chi connectivity index (χ0) is 20.9. The quantitative estimate of drug-likeness (QED) is 0.432. The lowest BCUT2D eigenvalue weighted by molar-refractivity contribution is 0.0475. The number of benzene rings is 2. The molecular formula is C20H17NO6S2. The Morgan fingerprint density at radius 1 is 0.966 bits per heavy atom. The molecule has 2 aromatic carbocycles. The van der Waals surface area contributed by atoms with Crippen molar-refractivity contribution in [1.29, 1.82) is 0 Å². The number of hydrogen-bond donors (Lipinski definition) is 1. The summed E-state index contributed by atoms with van der Waals surface area (Å²) in [4.78, 5) is 24.9. The highest BCUT2D eigenvalue weighted by Crippen LogP contribution is 2.24. The minimum absolute atomic E-state index is 0.000424. The number of rotatable bonds is 8. The summed E-state index contributed by atoms with van der Waals surface area (Å²) < 4.78 is 37.6. The Morgan fingerprint density at radius 2 is 1.66 bits per heavy atom. The molecule has 0 saturated heterocycles. The van der Waals surface area contributed by atoms with Gasteiger partial charge in [-0.1, -0.05) is 30.3 Å².